The second-order valence-electron chi connectivity index (χ2n) is 8.51. The minimum Gasteiger partial charge on any atom is -0.378 e. The molecule has 172 valence electrons. The summed E-state index contributed by atoms with van der Waals surface area (Å²) in [5, 5.41) is 6.46. The summed E-state index contributed by atoms with van der Waals surface area (Å²) in [6.07, 6.45) is 2.17. The highest BCUT2D eigenvalue weighted by atomic mass is 19.1. The third kappa shape index (κ3) is 5.58. The zero-order valence-corrected chi connectivity index (χ0v) is 18.6. The lowest BCUT2D eigenvalue weighted by atomic mass is 10.2. The van der Waals surface area contributed by atoms with Crippen molar-refractivity contribution >= 4 is 23.1 Å². The van der Waals surface area contributed by atoms with Crippen LogP contribution in [0.15, 0.2) is 60.8 Å². The first-order valence-corrected chi connectivity index (χ1v) is 11.5. The molecule has 2 fully saturated rings. The van der Waals surface area contributed by atoms with Gasteiger partial charge in [0, 0.05) is 50.1 Å². The molecule has 0 amide bonds. The molecule has 1 atom stereocenters. The SMILES string of the molecule is Fc1cnc(Nc2ccc(N3CCOCC3)cc2)nc1NC1CCN(Cc2ccccc2)C1. The van der Waals surface area contributed by atoms with Crippen LogP contribution in [-0.4, -0.2) is 60.3 Å². The van der Waals surface area contributed by atoms with Gasteiger partial charge in [0.15, 0.2) is 11.6 Å². The summed E-state index contributed by atoms with van der Waals surface area (Å²) in [4.78, 5) is 13.2. The molecule has 2 aliphatic heterocycles. The number of aromatic nitrogens is 2. The van der Waals surface area contributed by atoms with Gasteiger partial charge in [-0.05, 0) is 36.2 Å². The number of anilines is 4. The number of hydrogen-bond acceptors (Lipinski definition) is 7. The second-order valence-corrected chi connectivity index (χ2v) is 8.51. The minimum absolute atomic E-state index is 0.152. The third-order valence-electron chi connectivity index (χ3n) is 6.11. The van der Waals surface area contributed by atoms with Crippen molar-refractivity contribution in [3.05, 3.63) is 72.2 Å². The number of nitrogens with one attached hydrogen (secondary N) is 2. The van der Waals surface area contributed by atoms with E-state index in [1.165, 1.54) is 11.8 Å². The van der Waals surface area contributed by atoms with Gasteiger partial charge in [0.25, 0.3) is 0 Å². The Bertz CT molecular complexity index is 1040. The van der Waals surface area contributed by atoms with E-state index < -0.39 is 5.82 Å². The molecule has 0 aliphatic carbocycles. The molecule has 3 aromatic rings. The zero-order chi connectivity index (χ0) is 22.5. The highest BCUT2D eigenvalue weighted by Crippen LogP contribution is 2.23. The minimum atomic E-state index is -0.440. The molecule has 7 nitrogen and oxygen atoms in total. The topological polar surface area (TPSA) is 65.5 Å². The Morgan fingerprint density at radius 1 is 1.00 bits per heavy atom. The smallest absolute Gasteiger partial charge is 0.229 e. The fourth-order valence-corrected chi connectivity index (χ4v) is 4.36. The van der Waals surface area contributed by atoms with Crippen LogP contribution in [0.5, 0.6) is 0 Å². The molecule has 2 aliphatic rings. The second kappa shape index (κ2) is 10.1. The van der Waals surface area contributed by atoms with Gasteiger partial charge in [0.2, 0.25) is 5.95 Å². The van der Waals surface area contributed by atoms with Crippen molar-refractivity contribution in [1.82, 2.24) is 14.9 Å². The number of likely N-dealkylation sites (tertiary alicyclic amines) is 1. The molecule has 0 saturated carbocycles. The van der Waals surface area contributed by atoms with Crippen LogP contribution in [0.4, 0.5) is 27.5 Å². The van der Waals surface area contributed by atoms with E-state index in [2.05, 4.69) is 66.8 Å². The Morgan fingerprint density at radius 2 is 1.79 bits per heavy atom. The summed E-state index contributed by atoms with van der Waals surface area (Å²) in [7, 11) is 0. The van der Waals surface area contributed by atoms with Crippen LogP contribution in [0.3, 0.4) is 0 Å². The maximum absolute atomic E-state index is 14.4. The van der Waals surface area contributed by atoms with E-state index in [4.69, 9.17) is 4.74 Å². The van der Waals surface area contributed by atoms with Crippen molar-refractivity contribution < 1.29 is 9.13 Å². The van der Waals surface area contributed by atoms with E-state index in [0.29, 0.717) is 5.95 Å². The normalized spacial score (nSPS) is 18.9. The summed E-state index contributed by atoms with van der Waals surface area (Å²) in [6.45, 7) is 6.02. The van der Waals surface area contributed by atoms with E-state index in [1.54, 1.807) is 0 Å². The van der Waals surface area contributed by atoms with Crippen LogP contribution in [0, 0.1) is 5.82 Å². The van der Waals surface area contributed by atoms with Gasteiger partial charge in [-0.15, -0.1) is 0 Å². The largest absolute Gasteiger partial charge is 0.378 e. The molecule has 2 aromatic carbocycles. The van der Waals surface area contributed by atoms with Crippen LogP contribution in [0.2, 0.25) is 0 Å². The molecule has 2 N–H and O–H groups in total. The van der Waals surface area contributed by atoms with E-state index in [9.17, 15) is 4.39 Å². The molecule has 1 unspecified atom stereocenters. The third-order valence-corrected chi connectivity index (χ3v) is 6.11. The fourth-order valence-electron chi connectivity index (χ4n) is 4.36. The first kappa shape index (κ1) is 21.6. The standard InChI is InChI=1S/C25H29FN6O/c26-23-16-27-25(29-20-6-8-22(9-7-20)32-12-14-33-15-13-32)30-24(23)28-21-10-11-31(18-21)17-19-4-2-1-3-5-19/h1-9,16,21H,10-15,17-18H2,(H2,27,28,29,30). The number of ether oxygens (including phenoxy) is 1. The average Bonchev–Trinajstić information content (AvgIpc) is 3.29. The van der Waals surface area contributed by atoms with Crippen molar-refractivity contribution in [2.75, 3.05) is 54.9 Å². The van der Waals surface area contributed by atoms with E-state index in [0.717, 1.165) is 63.7 Å². The summed E-state index contributed by atoms with van der Waals surface area (Å²) < 4.78 is 19.8. The highest BCUT2D eigenvalue weighted by Gasteiger charge is 2.24. The molecule has 2 saturated heterocycles. The van der Waals surface area contributed by atoms with Crippen molar-refractivity contribution in [3.63, 3.8) is 0 Å². The predicted molar refractivity (Wildman–Crippen MR) is 128 cm³/mol. The van der Waals surface area contributed by atoms with Gasteiger partial charge in [-0.3, -0.25) is 4.90 Å². The maximum atomic E-state index is 14.4. The van der Waals surface area contributed by atoms with Gasteiger partial charge < -0.3 is 20.3 Å². The summed E-state index contributed by atoms with van der Waals surface area (Å²) >= 11 is 0. The van der Waals surface area contributed by atoms with Crippen LogP contribution in [0.1, 0.15) is 12.0 Å². The number of hydrogen-bond donors (Lipinski definition) is 2. The number of halogens is 1. The Balaban J connectivity index is 1.19. The van der Waals surface area contributed by atoms with Crippen LogP contribution < -0.4 is 15.5 Å². The fraction of sp³-hybridized carbons (Fsp3) is 0.360. The van der Waals surface area contributed by atoms with Crippen molar-refractivity contribution in [2.45, 2.75) is 19.0 Å². The van der Waals surface area contributed by atoms with Crippen LogP contribution in [0.25, 0.3) is 0 Å². The molecule has 8 heteroatoms. The van der Waals surface area contributed by atoms with E-state index in [-0.39, 0.29) is 11.9 Å². The molecular weight excluding hydrogens is 419 g/mol. The predicted octanol–water partition coefficient (Wildman–Crippen LogP) is 3.88. The number of morpholine rings is 1. The molecule has 3 heterocycles. The lowest BCUT2D eigenvalue weighted by molar-refractivity contribution is 0.122. The molecule has 0 radical (unpaired) electrons. The van der Waals surface area contributed by atoms with Gasteiger partial charge in [0.1, 0.15) is 0 Å². The number of benzene rings is 2. The lowest BCUT2D eigenvalue weighted by Crippen LogP contribution is -2.36. The van der Waals surface area contributed by atoms with Gasteiger partial charge in [0.05, 0.1) is 19.4 Å². The Labute approximate surface area is 193 Å². The number of rotatable bonds is 7. The van der Waals surface area contributed by atoms with E-state index >= 15 is 0 Å². The zero-order valence-electron chi connectivity index (χ0n) is 18.6. The molecule has 0 spiro atoms. The van der Waals surface area contributed by atoms with Crippen LogP contribution >= 0.6 is 0 Å². The van der Waals surface area contributed by atoms with Gasteiger partial charge in [-0.25, -0.2) is 9.37 Å². The summed E-state index contributed by atoms with van der Waals surface area (Å²) in [5.41, 5.74) is 3.31. The monoisotopic (exact) mass is 448 g/mol. The first-order chi connectivity index (χ1) is 16.2. The summed E-state index contributed by atoms with van der Waals surface area (Å²) in [6, 6.07) is 18.7. The molecular formula is C25H29FN6O. The Hall–Kier alpha value is -3.23. The average molecular weight is 449 g/mol. The Kier molecular flexibility index (Phi) is 6.64. The number of nitrogens with zero attached hydrogens (tertiary/aromatic N) is 4. The first-order valence-electron chi connectivity index (χ1n) is 11.5. The van der Waals surface area contributed by atoms with Crippen molar-refractivity contribution in [2.24, 2.45) is 0 Å². The van der Waals surface area contributed by atoms with Crippen molar-refractivity contribution in [3.8, 4) is 0 Å². The van der Waals surface area contributed by atoms with E-state index in [1.807, 2.05) is 18.2 Å². The van der Waals surface area contributed by atoms with Gasteiger partial charge in [-0.1, -0.05) is 30.3 Å². The summed E-state index contributed by atoms with van der Waals surface area (Å²) in [5.74, 6) is 0.172. The lowest BCUT2D eigenvalue weighted by Gasteiger charge is -2.28. The van der Waals surface area contributed by atoms with Crippen molar-refractivity contribution in [1.29, 1.82) is 0 Å². The van der Waals surface area contributed by atoms with Gasteiger partial charge >= 0.3 is 0 Å². The quantitative estimate of drug-likeness (QED) is 0.569. The molecule has 5 rings (SSSR count). The molecule has 33 heavy (non-hydrogen) atoms. The molecule has 1 aromatic heterocycles. The van der Waals surface area contributed by atoms with Crippen LogP contribution in [-0.2, 0) is 11.3 Å². The molecule has 0 bridgehead atoms. The maximum Gasteiger partial charge on any atom is 0.229 e. The Morgan fingerprint density at radius 3 is 2.58 bits per heavy atom. The van der Waals surface area contributed by atoms with Gasteiger partial charge in [-0.2, -0.15) is 4.98 Å². The highest BCUT2D eigenvalue weighted by molar-refractivity contribution is 5.60.